The number of hydrogen-bond acceptors (Lipinski definition) is 6. The Morgan fingerprint density at radius 2 is 1.92 bits per heavy atom. The van der Waals surface area contributed by atoms with Gasteiger partial charge in [-0.3, -0.25) is 0 Å². The minimum Gasteiger partial charge on any atom is -0.512 e. The molecule has 25 heavy (non-hydrogen) atoms. The van der Waals surface area contributed by atoms with Crippen LogP contribution >= 0.6 is 0 Å². The molecule has 7 nitrogen and oxygen atoms in total. The molecule has 1 aromatic heterocycles. The first-order valence-electron chi connectivity index (χ1n) is 8.65. The molecule has 140 valence electrons. The first kappa shape index (κ1) is 19.1. The highest BCUT2D eigenvalue weighted by Gasteiger charge is 2.29. The number of hydrogen-bond donors (Lipinski definition) is 1. The highest BCUT2D eigenvalue weighted by atomic mass is 16.6. The lowest BCUT2D eigenvalue weighted by atomic mass is 9.92. The van der Waals surface area contributed by atoms with E-state index in [9.17, 15) is 9.90 Å². The van der Waals surface area contributed by atoms with Crippen LogP contribution in [0.4, 0.5) is 10.6 Å². The van der Waals surface area contributed by atoms with Gasteiger partial charge < -0.3 is 24.2 Å². The van der Waals surface area contributed by atoms with E-state index in [-0.39, 0.29) is 23.7 Å². The monoisotopic (exact) mass is 351 g/mol. The molecule has 1 amide bonds. The summed E-state index contributed by atoms with van der Waals surface area (Å²) in [7, 11) is 0. The number of allylic oxidation sites excluding steroid dienone is 1. The van der Waals surface area contributed by atoms with E-state index in [4.69, 9.17) is 9.26 Å². The Labute approximate surface area is 149 Å². The van der Waals surface area contributed by atoms with E-state index in [1.165, 1.54) is 0 Å². The van der Waals surface area contributed by atoms with Crippen molar-refractivity contribution in [3.05, 3.63) is 24.2 Å². The number of carbonyl (C=O) groups excluding carboxylic acids is 1. The van der Waals surface area contributed by atoms with Gasteiger partial charge in [0.1, 0.15) is 11.4 Å². The van der Waals surface area contributed by atoms with Gasteiger partial charge in [-0.2, -0.15) is 0 Å². The Kier molecular flexibility index (Phi) is 5.65. The van der Waals surface area contributed by atoms with Gasteiger partial charge in [0.25, 0.3) is 0 Å². The molecule has 7 heteroatoms. The van der Waals surface area contributed by atoms with E-state index < -0.39 is 5.60 Å². The SMILES string of the molecule is C=C(O)C(c1cc(N2CCN(C(=O)OC(C)(C)C)CC2)no1)C(C)C. The minimum atomic E-state index is -0.492. The zero-order valence-electron chi connectivity index (χ0n) is 15.8. The summed E-state index contributed by atoms with van der Waals surface area (Å²) < 4.78 is 10.8. The first-order chi connectivity index (χ1) is 11.6. The Bertz CT molecular complexity index is 610. The van der Waals surface area contributed by atoms with Crippen LogP contribution in [0.25, 0.3) is 0 Å². The number of ether oxygens (including phenoxy) is 1. The fourth-order valence-electron chi connectivity index (χ4n) is 2.90. The molecule has 1 aliphatic heterocycles. The number of aliphatic hydroxyl groups is 1. The number of nitrogens with zero attached hydrogens (tertiary/aromatic N) is 3. The zero-order chi connectivity index (χ0) is 18.8. The largest absolute Gasteiger partial charge is 0.512 e. The molecule has 0 spiro atoms. The number of amides is 1. The van der Waals surface area contributed by atoms with Crippen molar-refractivity contribution in [2.24, 2.45) is 5.92 Å². The van der Waals surface area contributed by atoms with Crippen LogP contribution in [0, 0.1) is 5.92 Å². The fraction of sp³-hybridized carbons (Fsp3) is 0.667. The van der Waals surface area contributed by atoms with Crippen molar-refractivity contribution in [3.63, 3.8) is 0 Å². The highest BCUT2D eigenvalue weighted by Crippen LogP contribution is 2.32. The number of rotatable bonds is 4. The van der Waals surface area contributed by atoms with Gasteiger partial charge in [0, 0.05) is 32.2 Å². The first-order valence-corrected chi connectivity index (χ1v) is 8.65. The lowest BCUT2D eigenvalue weighted by Gasteiger charge is -2.35. The van der Waals surface area contributed by atoms with Crippen molar-refractivity contribution in [2.45, 2.75) is 46.1 Å². The third kappa shape index (κ3) is 4.90. The molecule has 1 atom stereocenters. The second-order valence-electron chi connectivity index (χ2n) is 7.75. The van der Waals surface area contributed by atoms with Crippen molar-refractivity contribution in [2.75, 3.05) is 31.1 Å². The minimum absolute atomic E-state index is 0.0763. The Hall–Kier alpha value is -2.18. The number of anilines is 1. The maximum Gasteiger partial charge on any atom is 0.410 e. The standard InChI is InChI=1S/C18H29N3O4/c1-12(2)16(13(3)22)14-11-15(19-25-14)20-7-9-21(10-8-20)17(23)24-18(4,5)6/h11-12,16,22H,3,7-10H2,1-2,4-6H3. The molecule has 1 aliphatic rings. The number of carbonyl (C=O) groups is 1. The number of piperazine rings is 1. The van der Waals surface area contributed by atoms with Crippen LogP contribution < -0.4 is 4.90 Å². The summed E-state index contributed by atoms with van der Waals surface area (Å²) >= 11 is 0. The van der Waals surface area contributed by atoms with E-state index in [0.29, 0.717) is 37.8 Å². The Balaban J connectivity index is 1.97. The molecule has 1 saturated heterocycles. The fourth-order valence-corrected chi connectivity index (χ4v) is 2.90. The molecule has 0 aliphatic carbocycles. The van der Waals surface area contributed by atoms with Crippen LogP contribution in [0.5, 0.6) is 0 Å². The summed E-state index contributed by atoms with van der Waals surface area (Å²) in [5.41, 5.74) is -0.492. The predicted molar refractivity (Wildman–Crippen MR) is 95.9 cm³/mol. The maximum atomic E-state index is 12.1. The van der Waals surface area contributed by atoms with E-state index in [0.717, 1.165) is 0 Å². The summed E-state index contributed by atoms with van der Waals surface area (Å²) in [6.45, 7) is 15.6. The zero-order valence-corrected chi connectivity index (χ0v) is 15.8. The average Bonchev–Trinajstić information content (AvgIpc) is 2.94. The predicted octanol–water partition coefficient (Wildman–Crippen LogP) is 3.54. The molecule has 0 bridgehead atoms. The molecule has 1 aromatic rings. The van der Waals surface area contributed by atoms with Gasteiger partial charge in [0.2, 0.25) is 0 Å². The van der Waals surface area contributed by atoms with Crippen molar-refractivity contribution >= 4 is 11.9 Å². The molecule has 0 saturated carbocycles. The van der Waals surface area contributed by atoms with Gasteiger partial charge in [0.05, 0.1) is 11.7 Å². The summed E-state index contributed by atoms with van der Waals surface area (Å²) in [6, 6.07) is 1.84. The molecule has 2 heterocycles. The van der Waals surface area contributed by atoms with E-state index in [1.54, 1.807) is 4.90 Å². The van der Waals surface area contributed by atoms with Gasteiger partial charge >= 0.3 is 6.09 Å². The van der Waals surface area contributed by atoms with Gasteiger partial charge in [-0.05, 0) is 26.7 Å². The molecule has 0 aromatic carbocycles. The molecule has 1 fully saturated rings. The van der Waals surface area contributed by atoms with Crippen molar-refractivity contribution in [1.29, 1.82) is 0 Å². The molecule has 0 radical (unpaired) electrons. The smallest absolute Gasteiger partial charge is 0.410 e. The summed E-state index contributed by atoms with van der Waals surface area (Å²) in [5.74, 6) is 1.27. The third-order valence-electron chi connectivity index (χ3n) is 4.10. The summed E-state index contributed by atoms with van der Waals surface area (Å²) in [4.78, 5) is 15.9. The average molecular weight is 351 g/mol. The lowest BCUT2D eigenvalue weighted by Crippen LogP contribution is -2.50. The van der Waals surface area contributed by atoms with Crippen molar-refractivity contribution in [3.8, 4) is 0 Å². The van der Waals surface area contributed by atoms with Crippen LogP contribution in [0.2, 0.25) is 0 Å². The van der Waals surface area contributed by atoms with Crippen molar-refractivity contribution in [1.82, 2.24) is 10.1 Å². The van der Waals surface area contributed by atoms with E-state index in [2.05, 4.69) is 16.6 Å². The molecule has 1 N–H and O–H groups in total. The molecular formula is C18H29N3O4. The summed E-state index contributed by atoms with van der Waals surface area (Å²) in [5, 5.41) is 13.9. The molecule has 1 unspecified atom stereocenters. The highest BCUT2D eigenvalue weighted by molar-refractivity contribution is 5.68. The van der Waals surface area contributed by atoms with Crippen LogP contribution in [0.3, 0.4) is 0 Å². The number of aliphatic hydroxyl groups excluding tert-OH is 1. The van der Waals surface area contributed by atoms with E-state index in [1.807, 2.05) is 40.7 Å². The van der Waals surface area contributed by atoms with Gasteiger partial charge in [-0.25, -0.2) is 4.79 Å². The van der Waals surface area contributed by atoms with Crippen LogP contribution in [-0.4, -0.2) is 53.0 Å². The van der Waals surface area contributed by atoms with Crippen LogP contribution in [0.15, 0.2) is 22.9 Å². The second kappa shape index (κ2) is 7.37. The Morgan fingerprint density at radius 3 is 2.40 bits per heavy atom. The van der Waals surface area contributed by atoms with E-state index >= 15 is 0 Å². The molecular weight excluding hydrogens is 322 g/mol. The quantitative estimate of drug-likeness (QED) is 0.836. The molecule has 2 rings (SSSR count). The van der Waals surface area contributed by atoms with Gasteiger partial charge in [-0.15, -0.1) is 0 Å². The topological polar surface area (TPSA) is 79.0 Å². The van der Waals surface area contributed by atoms with Crippen molar-refractivity contribution < 1.29 is 19.2 Å². The Morgan fingerprint density at radius 1 is 1.32 bits per heavy atom. The summed E-state index contributed by atoms with van der Waals surface area (Å²) in [6.07, 6.45) is -0.288. The third-order valence-corrected chi connectivity index (χ3v) is 4.10. The second-order valence-corrected chi connectivity index (χ2v) is 7.75. The lowest BCUT2D eigenvalue weighted by molar-refractivity contribution is 0.0240. The van der Waals surface area contributed by atoms with Gasteiger partial charge in [0.15, 0.2) is 5.82 Å². The number of aromatic nitrogens is 1. The van der Waals surface area contributed by atoms with Crippen LogP contribution in [-0.2, 0) is 4.74 Å². The maximum absolute atomic E-state index is 12.1. The van der Waals surface area contributed by atoms with Crippen LogP contribution in [0.1, 0.15) is 46.3 Å². The normalized spacial score (nSPS) is 16.9. The van der Waals surface area contributed by atoms with Gasteiger partial charge in [-0.1, -0.05) is 25.6 Å².